The van der Waals surface area contributed by atoms with E-state index in [1.165, 1.54) is 18.3 Å². The summed E-state index contributed by atoms with van der Waals surface area (Å²) in [6.07, 6.45) is 1.76. The number of amides is 1. The van der Waals surface area contributed by atoms with Crippen molar-refractivity contribution in [2.24, 2.45) is 10.7 Å². The second kappa shape index (κ2) is 7.37. The fourth-order valence-corrected chi connectivity index (χ4v) is 2.71. The van der Waals surface area contributed by atoms with E-state index in [0.29, 0.717) is 24.2 Å². The zero-order chi connectivity index (χ0) is 18.7. The van der Waals surface area contributed by atoms with E-state index >= 15 is 0 Å². The van der Waals surface area contributed by atoms with E-state index in [9.17, 15) is 9.18 Å². The van der Waals surface area contributed by atoms with E-state index < -0.39 is 17.8 Å². The zero-order valence-electron chi connectivity index (χ0n) is 13.4. The van der Waals surface area contributed by atoms with Crippen LogP contribution in [0.5, 0.6) is 0 Å². The monoisotopic (exact) mass is 373 g/mol. The molecule has 0 bridgehead atoms. The van der Waals surface area contributed by atoms with Crippen molar-refractivity contribution in [3.05, 3.63) is 58.1 Å². The number of hydrogen-bond acceptors (Lipinski definition) is 6. The summed E-state index contributed by atoms with van der Waals surface area (Å²) in [7, 11) is 0. The highest BCUT2D eigenvalue weighted by Gasteiger charge is 2.22. The lowest BCUT2D eigenvalue weighted by Gasteiger charge is -2.21. The minimum Gasteiger partial charge on any atom is -0.465 e. The zero-order valence-corrected chi connectivity index (χ0v) is 14.1. The van der Waals surface area contributed by atoms with Crippen LogP contribution in [0.1, 0.15) is 34.1 Å². The molecule has 0 aliphatic carbocycles. The van der Waals surface area contributed by atoms with Gasteiger partial charge in [-0.05, 0) is 24.3 Å². The molecular formula is C17H13ClFN5O2. The molecule has 2 aromatic rings. The van der Waals surface area contributed by atoms with Crippen LogP contribution in [0.25, 0.3) is 0 Å². The molecule has 0 fully saturated rings. The van der Waals surface area contributed by atoms with Gasteiger partial charge in [-0.25, -0.2) is 14.4 Å². The maximum absolute atomic E-state index is 14.2. The maximum Gasteiger partial charge on any atom is 0.282 e. The average molecular weight is 374 g/mol. The molecule has 132 valence electrons. The minimum atomic E-state index is -0.687. The summed E-state index contributed by atoms with van der Waals surface area (Å²) < 4.78 is 19.3. The number of ether oxygens (including phenoxy) is 1. The molecule has 0 spiro atoms. The van der Waals surface area contributed by atoms with Crippen molar-refractivity contribution < 1.29 is 13.9 Å². The van der Waals surface area contributed by atoms with Crippen molar-refractivity contribution in [2.75, 3.05) is 11.9 Å². The summed E-state index contributed by atoms with van der Waals surface area (Å²) in [4.78, 5) is 20.3. The molecule has 0 radical (unpaired) electrons. The molecule has 2 heterocycles. The fourth-order valence-electron chi connectivity index (χ4n) is 2.47. The number of amidine groups is 1. The first-order chi connectivity index (χ1) is 12.5. The number of anilines is 1. The number of pyridine rings is 1. The van der Waals surface area contributed by atoms with Gasteiger partial charge in [0.05, 0.1) is 23.2 Å². The van der Waals surface area contributed by atoms with Gasteiger partial charge >= 0.3 is 0 Å². The van der Waals surface area contributed by atoms with Crippen LogP contribution < -0.4 is 11.1 Å². The van der Waals surface area contributed by atoms with Gasteiger partial charge < -0.3 is 15.8 Å². The number of aliphatic imine (C=N–C) groups is 1. The maximum atomic E-state index is 14.2. The van der Waals surface area contributed by atoms with Crippen molar-refractivity contribution in [2.45, 2.75) is 12.5 Å². The van der Waals surface area contributed by atoms with Gasteiger partial charge in [-0.15, -0.1) is 0 Å². The van der Waals surface area contributed by atoms with E-state index in [1.807, 2.05) is 6.07 Å². The number of rotatable bonds is 3. The Hall–Kier alpha value is -3.18. The summed E-state index contributed by atoms with van der Waals surface area (Å²) >= 11 is 6.05. The number of nitrogens with one attached hydrogen (secondary N) is 1. The van der Waals surface area contributed by atoms with Gasteiger partial charge in [-0.3, -0.25) is 4.79 Å². The molecule has 1 aliphatic rings. The highest BCUT2D eigenvalue weighted by molar-refractivity contribution is 6.31. The second-order valence-corrected chi connectivity index (χ2v) is 5.86. The van der Waals surface area contributed by atoms with Gasteiger partial charge in [0.2, 0.25) is 0 Å². The van der Waals surface area contributed by atoms with Crippen molar-refractivity contribution >= 4 is 29.2 Å². The fraction of sp³-hybridized carbons (Fsp3) is 0.176. The topological polar surface area (TPSA) is 113 Å². The third-order valence-electron chi connectivity index (χ3n) is 3.72. The Labute approximate surface area is 153 Å². The largest absolute Gasteiger partial charge is 0.465 e. The minimum absolute atomic E-state index is 0.00828. The number of benzene rings is 1. The number of carbonyl (C=O) groups excluding carboxylic acids is 1. The number of hydrogen-bond donors (Lipinski definition) is 2. The molecule has 1 amide bonds. The number of aromatic nitrogens is 1. The third-order valence-corrected chi connectivity index (χ3v) is 4.12. The summed E-state index contributed by atoms with van der Waals surface area (Å²) in [5.74, 6) is -1.23. The van der Waals surface area contributed by atoms with Crippen LogP contribution in [-0.4, -0.2) is 23.5 Å². The molecule has 1 aromatic carbocycles. The number of nitrogens with zero attached hydrogens (tertiary/aromatic N) is 3. The van der Waals surface area contributed by atoms with Crippen LogP contribution in [0.2, 0.25) is 5.02 Å². The van der Waals surface area contributed by atoms with Gasteiger partial charge in [0, 0.05) is 23.9 Å². The Kier molecular flexibility index (Phi) is 5.00. The molecule has 1 atom stereocenters. The van der Waals surface area contributed by atoms with Gasteiger partial charge in [0.1, 0.15) is 17.6 Å². The van der Waals surface area contributed by atoms with E-state index in [0.717, 1.165) is 6.07 Å². The Bertz CT molecular complexity index is 924. The molecular weight excluding hydrogens is 361 g/mol. The highest BCUT2D eigenvalue weighted by atomic mass is 35.5. The summed E-state index contributed by atoms with van der Waals surface area (Å²) in [6.45, 7) is 0.337. The van der Waals surface area contributed by atoms with Crippen LogP contribution in [-0.2, 0) is 4.74 Å². The van der Waals surface area contributed by atoms with Crippen LogP contribution >= 0.6 is 11.6 Å². The average Bonchev–Trinajstić information content (AvgIpc) is 2.64. The lowest BCUT2D eigenvalue weighted by Crippen LogP contribution is -2.24. The molecule has 26 heavy (non-hydrogen) atoms. The van der Waals surface area contributed by atoms with Crippen molar-refractivity contribution in [1.82, 2.24) is 4.98 Å². The van der Waals surface area contributed by atoms with E-state index in [2.05, 4.69) is 15.3 Å². The first-order valence-corrected chi connectivity index (χ1v) is 7.98. The van der Waals surface area contributed by atoms with Crippen LogP contribution in [0.15, 0.2) is 35.5 Å². The molecule has 0 saturated carbocycles. The lowest BCUT2D eigenvalue weighted by atomic mass is 10.0. The normalized spacial score (nSPS) is 16.2. The van der Waals surface area contributed by atoms with E-state index in [-0.39, 0.29) is 22.4 Å². The number of nitrogens with two attached hydrogens (primary N) is 1. The molecule has 0 saturated heterocycles. The van der Waals surface area contributed by atoms with Gasteiger partial charge in [-0.1, -0.05) is 11.6 Å². The predicted octanol–water partition coefficient (Wildman–Crippen LogP) is 2.77. The molecule has 9 heteroatoms. The lowest BCUT2D eigenvalue weighted by molar-refractivity contribution is 0.102. The van der Waals surface area contributed by atoms with E-state index in [4.69, 9.17) is 27.3 Å². The van der Waals surface area contributed by atoms with Crippen molar-refractivity contribution in [3.63, 3.8) is 0 Å². The molecule has 1 unspecified atom stereocenters. The number of carbonyl (C=O) groups is 1. The Morgan fingerprint density at radius 2 is 2.27 bits per heavy atom. The predicted molar refractivity (Wildman–Crippen MR) is 93.2 cm³/mol. The van der Waals surface area contributed by atoms with Gasteiger partial charge in [0.15, 0.2) is 0 Å². The Balaban J connectivity index is 1.87. The molecule has 7 nitrogen and oxygen atoms in total. The SMILES string of the molecule is N#Cc1ccc(C(=O)Nc2cc(F)c(Cl)c(C3CCOC(N)=N3)c2)nc1. The molecule has 3 N–H and O–H groups in total. The summed E-state index contributed by atoms with van der Waals surface area (Å²) in [5, 5.41) is 11.2. The van der Waals surface area contributed by atoms with Crippen LogP contribution in [0.3, 0.4) is 0 Å². The van der Waals surface area contributed by atoms with Gasteiger partial charge in [-0.2, -0.15) is 5.26 Å². The smallest absolute Gasteiger partial charge is 0.282 e. The number of halogens is 2. The van der Waals surface area contributed by atoms with Crippen LogP contribution in [0, 0.1) is 17.1 Å². The second-order valence-electron chi connectivity index (χ2n) is 5.48. The molecule has 1 aliphatic heterocycles. The van der Waals surface area contributed by atoms with Crippen molar-refractivity contribution in [3.8, 4) is 6.07 Å². The summed E-state index contributed by atoms with van der Waals surface area (Å²) in [5.41, 5.74) is 6.59. The van der Waals surface area contributed by atoms with Gasteiger partial charge in [0.25, 0.3) is 11.9 Å². The number of nitriles is 1. The molecule has 3 rings (SSSR count). The van der Waals surface area contributed by atoms with E-state index in [1.54, 1.807) is 6.07 Å². The Morgan fingerprint density at radius 1 is 1.46 bits per heavy atom. The quantitative estimate of drug-likeness (QED) is 0.858. The standard InChI is InChI=1S/C17H13ClFN5O2/c18-15-11(13-3-4-26-17(21)24-13)5-10(6-12(15)19)23-16(25)14-2-1-9(7-20)8-22-14/h1-2,5-6,8,13H,3-4H2,(H2,21,24)(H,23,25). The Morgan fingerprint density at radius 3 is 2.92 bits per heavy atom. The summed E-state index contributed by atoms with van der Waals surface area (Å²) in [6, 6.07) is 6.99. The first-order valence-electron chi connectivity index (χ1n) is 7.60. The first kappa shape index (κ1) is 17.6. The van der Waals surface area contributed by atoms with Crippen LogP contribution in [0.4, 0.5) is 10.1 Å². The molecule has 1 aromatic heterocycles. The third kappa shape index (κ3) is 3.73. The highest BCUT2D eigenvalue weighted by Crippen LogP contribution is 2.34. The van der Waals surface area contributed by atoms with Crippen molar-refractivity contribution in [1.29, 1.82) is 5.26 Å².